The maximum atomic E-state index is 13.3. The molecule has 12 nitrogen and oxygen atoms in total. The van der Waals surface area contributed by atoms with Gasteiger partial charge in [0, 0.05) is 29.9 Å². The Morgan fingerprint density at radius 1 is 1.12 bits per heavy atom. The number of furan rings is 1. The molecule has 0 radical (unpaired) electrons. The molecule has 2 aromatic heterocycles. The monoisotopic (exact) mass is 590 g/mol. The topological polar surface area (TPSA) is 173 Å². The third-order valence-corrected chi connectivity index (χ3v) is 9.37. The van der Waals surface area contributed by atoms with E-state index in [-0.39, 0.29) is 42.3 Å². The molecule has 4 rings (SSSR count). The molecule has 1 unspecified atom stereocenters. The standard InChI is InChI=1S/C26H30N4O8S2/c1-17-18-8-3-4-10-22(18)38-24(17)26(33)29-20(12-15-39(2,34)35)25(32)28-19-9-7-14-30(16-21(19)31)40(36,37)23-11-5-6-13-27-23/h3-6,8,10-11,13,19-20H,7,9,12,14-16H2,1-2H3,(H,28,32)(H,29,33)/t19?,20-/m0/s1. The van der Waals surface area contributed by atoms with Crippen LogP contribution in [0.4, 0.5) is 0 Å². The zero-order chi connectivity index (χ0) is 29.1. The molecule has 0 bridgehead atoms. The molecule has 1 aliphatic heterocycles. The zero-order valence-electron chi connectivity index (χ0n) is 22.0. The number of benzene rings is 1. The maximum absolute atomic E-state index is 13.3. The Kier molecular flexibility index (Phi) is 8.71. The Morgan fingerprint density at radius 3 is 2.52 bits per heavy atom. The number of pyridine rings is 1. The van der Waals surface area contributed by atoms with Crippen molar-refractivity contribution in [3.63, 3.8) is 0 Å². The van der Waals surface area contributed by atoms with E-state index in [9.17, 15) is 31.2 Å². The minimum atomic E-state index is -4.02. The van der Waals surface area contributed by atoms with Gasteiger partial charge in [-0.3, -0.25) is 14.4 Å². The number of fused-ring (bicyclic) bond motifs is 1. The Hall–Kier alpha value is -3.62. The lowest BCUT2D eigenvalue weighted by molar-refractivity contribution is -0.128. The van der Waals surface area contributed by atoms with Crippen molar-refractivity contribution >= 4 is 48.4 Å². The van der Waals surface area contributed by atoms with Gasteiger partial charge in [-0.15, -0.1) is 0 Å². The Morgan fingerprint density at radius 2 is 1.85 bits per heavy atom. The lowest BCUT2D eigenvalue weighted by Crippen LogP contribution is -2.52. The number of aryl methyl sites for hydroxylation is 1. The van der Waals surface area contributed by atoms with Gasteiger partial charge in [0.05, 0.1) is 18.3 Å². The number of hydrogen-bond acceptors (Lipinski definition) is 9. The number of carbonyl (C=O) groups excluding carboxylic acids is 3. The number of nitrogens with zero attached hydrogens (tertiary/aromatic N) is 2. The van der Waals surface area contributed by atoms with Crippen LogP contribution < -0.4 is 10.6 Å². The van der Waals surface area contributed by atoms with Gasteiger partial charge in [-0.2, -0.15) is 4.31 Å². The van der Waals surface area contributed by atoms with Crippen molar-refractivity contribution in [3.05, 3.63) is 60.0 Å². The summed E-state index contributed by atoms with van der Waals surface area (Å²) in [5, 5.41) is 5.67. The quantitative estimate of drug-likeness (QED) is 0.371. The van der Waals surface area contributed by atoms with Crippen LogP contribution >= 0.6 is 0 Å². The van der Waals surface area contributed by atoms with E-state index in [1.165, 1.54) is 18.3 Å². The summed E-state index contributed by atoms with van der Waals surface area (Å²) in [6, 6.07) is 9.15. The third-order valence-electron chi connectivity index (χ3n) is 6.63. The van der Waals surface area contributed by atoms with Crippen LogP contribution in [0.1, 0.15) is 35.4 Å². The molecule has 1 aliphatic rings. The number of nitrogens with one attached hydrogen (secondary N) is 2. The fraction of sp³-hybridized carbons (Fsp3) is 0.385. The fourth-order valence-electron chi connectivity index (χ4n) is 4.47. The normalized spacial score (nSPS) is 17.8. The molecule has 1 aromatic carbocycles. The summed E-state index contributed by atoms with van der Waals surface area (Å²) < 4.78 is 56.3. The predicted molar refractivity (Wildman–Crippen MR) is 146 cm³/mol. The van der Waals surface area contributed by atoms with Gasteiger partial charge >= 0.3 is 0 Å². The van der Waals surface area contributed by atoms with E-state index in [1.54, 1.807) is 37.3 Å². The smallest absolute Gasteiger partial charge is 0.287 e. The lowest BCUT2D eigenvalue weighted by Gasteiger charge is -2.22. The van der Waals surface area contributed by atoms with E-state index >= 15 is 0 Å². The molecule has 3 aromatic rings. The van der Waals surface area contributed by atoms with E-state index in [0.717, 1.165) is 15.9 Å². The van der Waals surface area contributed by atoms with Crippen LogP contribution in [0, 0.1) is 6.92 Å². The number of rotatable bonds is 9. The highest BCUT2D eigenvalue weighted by atomic mass is 32.2. The summed E-state index contributed by atoms with van der Waals surface area (Å²) in [5.41, 5.74) is 1.04. The van der Waals surface area contributed by atoms with Gasteiger partial charge in [0.2, 0.25) is 5.91 Å². The van der Waals surface area contributed by atoms with E-state index < -0.39 is 56.1 Å². The highest BCUT2D eigenvalue weighted by Gasteiger charge is 2.35. The lowest BCUT2D eigenvalue weighted by atomic mass is 10.1. The Labute approximate surface area is 232 Å². The second-order valence-electron chi connectivity index (χ2n) is 9.67. The molecule has 3 heterocycles. The zero-order valence-corrected chi connectivity index (χ0v) is 23.6. The second kappa shape index (κ2) is 11.9. The van der Waals surface area contributed by atoms with Crippen LogP contribution in [0.15, 0.2) is 58.1 Å². The molecule has 14 heteroatoms. The molecule has 2 atom stereocenters. The molecular formula is C26H30N4O8S2. The van der Waals surface area contributed by atoms with Gasteiger partial charge in [0.15, 0.2) is 16.6 Å². The van der Waals surface area contributed by atoms with Gasteiger partial charge < -0.3 is 15.1 Å². The number of carbonyl (C=O) groups is 3. The largest absolute Gasteiger partial charge is 0.451 e. The summed E-state index contributed by atoms with van der Waals surface area (Å²) in [4.78, 5) is 43.3. The van der Waals surface area contributed by atoms with Gasteiger partial charge in [-0.05, 0) is 44.4 Å². The van der Waals surface area contributed by atoms with Crippen molar-refractivity contribution in [2.75, 3.05) is 25.1 Å². The van der Waals surface area contributed by atoms with Gasteiger partial charge in [0.1, 0.15) is 21.5 Å². The van der Waals surface area contributed by atoms with Gasteiger partial charge in [-0.25, -0.2) is 21.8 Å². The molecule has 1 saturated heterocycles. The summed E-state index contributed by atoms with van der Waals surface area (Å²) in [6.45, 7) is 1.28. The first-order valence-corrected chi connectivity index (χ1v) is 16.1. The maximum Gasteiger partial charge on any atom is 0.287 e. The van der Waals surface area contributed by atoms with Gasteiger partial charge in [-0.1, -0.05) is 24.3 Å². The molecule has 0 aliphatic carbocycles. The molecule has 2 N–H and O–H groups in total. The van der Waals surface area contributed by atoms with Crippen LogP contribution in [-0.2, 0) is 29.4 Å². The number of sulfone groups is 1. The van der Waals surface area contributed by atoms with Crippen molar-refractivity contribution in [3.8, 4) is 0 Å². The number of ketones is 1. The van der Waals surface area contributed by atoms with Crippen LogP contribution in [-0.4, -0.2) is 80.9 Å². The predicted octanol–water partition coefficient (Wildman–Crippen LogP) is 1.21. The molecule has 40 heavy (non-hydrogen) atoms. The van der Waals surface area contributed by atoms with Crippen LogP contribution in [0.3, 0.4) is 0 Å². The minimum Gasteiger partial charge on any atom is -0.451 e. The first-order chi connectivity index (χ1) is 18.9. The van der Waals surface area contributed by atoms with Crippen molar-refractivity contribution in [1.29, 1.82) is 0 Å². The van der Waals surface area contributed by atoms with E-state index in [4.69, 9.17) is 4.42 Å². The van der Waals surface area contributed by atoms with Crippen molar-refractivity contribution in [1.82, 2.24) is 19.9 Å². The average Bonchev–Trinajstić information content (AvgIpc) is 3.14. The first-order valence-electron chi connectivity index (χ1n) is 12.6. The molecular weight excluding hydrogens is 560 g/mol. The second-order valence-corrected chi connectivity index (χ2v) is 13.8. The molecule has 0 saturated carbocycles. The Bertz CT molecular complexity index is 1640. The summed E-state index contributed by atoms with van der Waals surface area (Å²) in [6.07, 6.45) is 2.55. The Balaban J connectivity index is 1.49. The van der Waals surface area contributed by atoms with E-state index in [1.807, 2.05) is 0 Å². The molecule has 0 spiro atoms. The van der Waals surface area contributed by atoms with E-state index in [2.05, 4.69) is 15.6 Å². The number of hydrogen-bond donors (Lipinski definition) is 2. The molecule has 2 amide bonds. The van der Waals surface area contributed by atoms with E-state index in [0.29, 0.717) is 11.1 Å². The summed E-state index contributed by atoms with van der Waals surface area (Å²) >= 11 is 0. The van der Waals surface area contributed by atoms with Crippen molar-refractivity contribution in [2.24, 2.45) is 0 Å². The van der Waals surface area contributed by atoms with Crippen LogP contribution in [0.5, 0.6) is 0 Å². The van der Waals surface area contributed by atoms with Gasteiger partial charge in [0.25, 0.3) is 15.9 Å². The van der Waals surface area contributed by atoms with Crippen LogP contribution in [0.25, 0.3) is 11.0 Å². The summed E-state index contributed by atoms with van der Waals surface area (Å²) in [7, 11) is -7.50. The number of para-hydroxylation sites is 1. The molecule has 1 fully saturated rings. The fourth-order valence-corrected chi connectivity index (χ4v) is 6.51. The first kappa shape index (κ1) is 29.4. The number of amides is 2. The number of Topliss-reactive ketones (excluding diaryl/α,β-unsaturated/α-hetero) is 1. The minimum absolute atomic E-state index is 0.0146. The number of aromatic nitrogens is 1. The van der Waals surface area contributed by atoms with Crippen molar-refractivity contribution < 1.29 is 35.6 Å². The van der Waals surface area contributed by atoms with Crippen LogP contribution in [0.2, 0.25) is 0 Å². The SMILES string of the molecule is Cc1c(C(=O)N[C@@H](CCS(C)(=O)=O)C(=O)NC2CCCN(S(=O)(=O)c3ccccn3)CC2=O)oc2ccccc12. The average molecular weight is 591 g/mol. The highest BCUT2D eigenvalue weighted by Crippen LogP contribution is 2.25. The molecule has 214 valence electrons. The highest BCUT2D eigenvalue weighted by molar-refractivity contribution is 7.90. The summed E-state index contributed by atoms with van der Waals surface area (Å²) in [5.74, 6) is -2.41. The number of sulfonamides is 1. The van der Waals surface area contributed by atoms with Crippen molar-refractivity contribution in [2.45, 2.75) is 43.3 Å². The third kappa shape index (κ3) is 6.74.